The van der Waals surface area contributed by atoms with Crippen LogP contribution in [-0.4, -0.2) is 20.7 Å². The van der Waals surface area contributed by atoms with E-state index in [1.165, 1.54) is 34.5 Å². The third-order valence-corrected chi connectivity index (χ3v) is 4.75. The van der Waals surface area contributed by atoms with Crippen molar-refractivity contribution < 1.29 is 9.18 Å². The van der Waals surface area contributed by atoms with Crippen molar-refractivity contribution in [3.63, 3.8) is 0 Å². The summed E-state index contributed by atoms with van der Waals surface area (Å²) in [5.41, 5.74) is 0.579. The third kappa shape index (κ3) is 4.44. The van der Waals surface area contributed by atoms with E-state index < -0.39 is 11.1 Å². The molecule has 5 nitrogen and oxygen atoms in total. The topological polar surface area (TPSA) is 64.0 Å². The summed E-state index contributed by atoms with van der Waals surface area (Å²) in [5.74, 6) is -0.783. The molecule has 2 aromatic rings. The summed E-state index contributed by atoms with van der Waals surface area (Å²) < 4.78 is 15.1. The summed E-state index contributed by atoms with van der Waals surface area (Å²) >= 11 is 1.22. The average Bonchev–Trinajstić information content (AvgIpc) is 2.53. The Hall–Kier alpha value is -2.15. The summed E-state index contributed by atoms with van der Waals surface area (Å²) in [6.45, 7) is 3.70. The van der Waals surface area contributed by atoms with E-state index in [2.05, 4.69) is 10.3 Å². The molecule has 0 bridgehead atoms. The molecular formula is C17H20FN3O2S. The van der Waals surface area contributed by atoms with Gasteiger partial charge in [0.25, 0.3) is 5.56 Å². The minimum absolute atomic E-state index is 0.148. The van der Waals surface area contributed by atoms with Crippen LogP contribution in [0.1, 0.15) is 25.5 Å². The molecule has 2 rings (SSSR count). The molecule has 0 aliphatic rings. The minimum atomic E-state index is -0.479. The Kier molecular flexibility index (Phi) is 6.14. The SMILES string of the molecule is CCCC(Sc1nc(C)cc(=O)n1C)C(=O)Nc1ccccc1F. The predicted molar refractivity (Wildman–Crippen MR) is 93.8 cm³/mol. The van der Waals surface area contributed by atoms with Gasteiger partial charge in [-0.2, -0.15) is 0 Å². The number of amides is 1. The second-order valence-corrected chi connectivity index (χ2v) is 6.61. The molecule has 0 saturated heterocycles. The van der Waals surface area contributed by atoms with Crippen molar-refractivity contribution >= 4 is 23.4 Å². The first-order chi connectivity index (χ1) is 11.4. The van der Waals surface area contributed by atoms with E-state index in [1.807, 2.05) is 6.92 Å². The normalized spacial score (nSPS) is 12.0. The van der Waals surface area contributed by atoms with Gasteiger partial charge in [-0.05, 0) is 25.5 Å². The highest BCUT2D eigenvalue weighted by atomic mass is 32.2. The fraction of sp³-hybridized carbons (Fsp3) is 0.353. The summed E-state index contributed by atoms with van der Waals surface area (Å²) in [4.78, 5) is 28.7. The van der Waals surface area contributed by atoms with Crippen molar-refractivity contribution in [3.8, 4) is 0 Å². The van der Waals surface area contributed by atoms with Crippen molar-refractivity contribution in [3.05, 3.63) is 52.2 Å². The van der Waals surface area contributed by atoms with Crippen LogP contribution in [0.4, 0.5) is 10.1 Å². The molecule has 128 valence electrons. The van der Waals surface area contributed by atoms with Gasteiger partial charge in [0.15, 0.2) is 5.16 Å². The third-order valence-electron chi connectivity index (χ3n) is 3.44. The predicted octanol–water partition coefficient (Wildman–Crippen LogP) is 3.13. The van der Waals surface area contributed by atoms with Crippen LogP contribution in [0, 0.1) is 12.7 Å². The van der Waals surface area contributed by atoms with E-state index in [0.717, 1.165) is 6.42 Å². The quantitative estimate of drug-likeness (QED) is 0.643. The van der Waals surface area contributed by atoms with Crippen LogP contribution in [0.3, 0.4) is 0 Å². The maximum absolute atomic E-state index is 13.7. The van der Waals surface area contributed by atoms with Crippen LogP contribution < -0.4 is 10.9 Å². The Morgan fingerprint density at radius 2 is 2.12 bits per heavy atom. The number of hydrogen-bond acceptors (Lipinski definition) is 4. The van der Waals surface area contributed by atoms with Gasteiger partial charge in [0, 0.05) is 18.8 Å². The number of carbonyl (C=O) groups excluding carboxylic acids is 1. The molecule has 0 fully saturated rings. The molecule has 0 spiro atoms. The van der Waals surface area contributed by atoms with Gasteiger partial charge >= 0.3 is 0 Å². The van der Waals surface area contributed by atoms with Crippen LogP contribution in [0.25, 0.3) is 0 Å². The number of aromatic nitrogens is 2. The summed E-state index contributed by atoms with van der Waals surface area (Å²) in [6.07, 6.45) is 1.37. The van der Waals surface area contributed by atoms with Gasteiger partial charge < -0.3 is 5.32 Å². The minimum Gasteiger partial charge on any atom is -0.323 e. The molecule has 1 aromatic heterocycles. The lowest BCUT2D eigenvalue weighted by Crippen LogP contribution is -2.27. The molecule has 1 aromatic carbocycles. The summed E-state index contributed by atoms with van der Waals surface area (Å²) in [5, 5.41) is 2.62. The second-order valence-electron chi connectivity index (χ2n) is 5.44. The van der Waals surface area contributed by atoms with E-state index >= 15 is 0 Å². The lowest BCUT2D eigenvalue weighted by atomic mass is 10.2. The van der Waals surface area contributed by atoms with E-state index in [1.54, 1.807) is 26.1 Å². The Morgan fingerprint density at radius 3 is 2.79 bits per heavy atom. The highest BCUT2D eigenvalue weighted by Gasteiger charge is 2.22. The second kappa shape index (κ2) is 8.10. The van der Waals surface area contributed by atoms with Gasteiger partial charge in [-0.15, -0.1) is 0 Å². The molecule has 1 atom stereocenters. The number of carbonyl (C=O) groups is 1. The monoisotopic (exact) mass is 349 g/mol. The lowest BCUT2D eigenvalue weighted by molar-refractivity contribution is -0.115. The number of anilines is 1. The van der Waals surface area contributed by atoms with Crippen LogP contribution in [-0.2, 0) is 11.8 Å². The van der Waals surface area contributed by atoms with E-state index in [4.69, 9.17) is 0 Å². The average molecular weight is 349 g/mol. The van der Waals surface area contributed by atoms with Crippen molar-refractivity contribution in [2.45, 2.75) is 37.1 Å². The Bertz CT molecular complexity index is 792. The van der Waals surface area contributed by atoms with E-state index in [-0.39, 0.29) is 17.2 Å². The number of para-hydroxylation sites is 1. The molecule has 0 saturated carbocycles. The molecule has 0 radical (unpaired) electrons. The maximum Gasteiger partial charge on any atom is 0.254 e. The van der Waals surface area contributed by atoms with Gasteiger partial charge in [-0.25, -0.2) is 9.37 Å². The van der Waals surface area contributed by atoms with Gasteiger partial charge in [-0.3, -0.25) is 14.2 Å². The number of benzene rings is 1. The first kappa shape index (κ1) is 18.2. The molecule has 1 amide bonds. The number of halogens is 1. The van der Waals surface area contributed by atoms with Gasteiger partial charge in [0.05, 0.1) is 10.9 Å². The number of hydrogen-bond donors (Lipinski definition) is 1. The summed E-state index contributed by atoms with van der Waals surface area (Å²) in [6, 6.07) is 7.48. The van der Waals surface area contributed by atoms with Crippen molar-refractivity contribution in [2.75, 3.05) is 5.32 Å². The van der Waals surface area contributed by atoms with Gasteiger partial charge in [-0.1, -0.05) is 37.2 Å². The molecule has 0 aliphatic carbocycles. The number of rotatable bonds is 6. The highest BCUT2D eigenvalue weighted by molar-refractivity contribution is 8.00. The van der Waals surface area contributed by atoms with Gasteiger partial charge in [0.1, 0.15) is 5.82 Å². The van der Waals surface area contributed by atoms with Crippen molar-refractivity contribution in [1.82, 2.24) is 9.55 Å². The Morgan fingerprint density at radius 1 is 1.42 bits per heavy atom. The lowest BCUT2D eigenvalue weighted by Gasteiger charge is -2.17. The molecule has 1 heterocycles. The van der Waals surface area contributed by atoms with Crippen LogP contribution >= 0.6 is 11.8 Å². The molecule has 1 N–H and O–H groups in total. The Balaban J connectivity index is 2.22. The fourth-order valence-electron chi connectivity index (χ4n) is 2.14. The van der Waals surface area contributed by atoms with E-state index in [0.29, 0.717) is 17.3 Å². The molecular weight excluding hydrogens is 329 g/mol. The van der Waals surface area contributed by atoms with E-state index in [9.17, 15) is 14.0 Å². The molecule has 0 aliphatic heterocycles. The molecule has 7 heteroatoms. The van der Waals surface area contributed by atoms with Crippen molar-refractivity contribution in [2.24, 2.45) is 7.05 Å². The number of aryl methyl sites for hydroxylation is 1. The summed E-state index contributed by atoms with van der Waals surface area (Å²) in [7, 11) is 1.62. The van der Waals surface area contributed by atoms with Crippen LogP contribution in [0.5, 0.6) is 0 Å². The highest BCUT2D eigenvalue weighted by Crippen LogP contribution is 2.25. The molecule has 24 heavy (non-hydrogen) atoms. The zero-order chi connectivity index (χ0) is 17.7. The largest absolute Gasteiger partial charge is 0.323 e. The van der Waals surface area contributed by atoms with Crippen LogP contribution in [0.2, 0.25) is 0 Å². The first-order valence-corrected chi connectivity index (χ1v) is 8.57. The smallest absolute Gasteiger partial charge is 0.254 e. The standard InChI is InChI=1S/C17H20FN3O2S/c1-4-7-14(16(23)20-13-9-6-5-8-12(13)18)24-17-19-11(2)10-15(22)21(17)3/h5-6,8-10,14H,4,7H2,1-3H3,(H,20,23). The molecule has 1 unspecified atom stereocenters. The van der Waals surface area contributed by atoms with Crippen molar-refractivity contribution in [1.29, 1.82) is 0 Å². The first-order valence-electron chi connectivity index (χ1n) is 7.69. The maximum atomic E-state index is 13.7. The van der Waals surface area contributed by atoms with Crippen LogP contribution in [0.15, 0.2) is 40.3 Å². The zero-order valence-corrected chi connectivity index (χ0v) is 14.7. The Labute approximate surface area is 144 Å². The number of nitrogens with zero attached hydrogens (tertiary/aromatic N) is 2. The zero-order valence-electron chi connectivity index (χ0n) is 13.9. The number of nitrogens with one attached hydrogen (secondary N) is 1. The number of thioether (sulfide) groups is 1. The fourth-order valence-corrected chi connectivity index (χ4v) is 3.36. The van der Waals surface area contributed by atoms with Gasteiger partial charge in [0.2, 0.25) is 5.91 Å².